The fourth-order valence-corrected chi connectivity index (χ4v) is 6.85. The molecule has 4 aromatic rings. The lowest BCUT2D eigenvalue weighted by atomic mass is 10.1. The molecule has 1 aliphatic heterocycles. The zero-order chi connectivity index (χ0) is 33.0. The van der Waals surface area contributed by atoms with Crippen molar-refractivity contribution in [3.05, 3.63) is 106 Å². The molecule has 0 bridgehead atoms. The van der Waals surface area contributed by atoms with Crippen LogP contribution in [0.5, 0.6) is 5.75 Å². The number of carbonyl (C=O) groups is 2. The Hall–Kier alpha value is -3.92. The van der Waals surface area contributed by atoms with E-state index in [0.29, 0.717) is 33.1 Å². The van der Waals surface area contributed by atoms with Crippen LogP contribution in [0.1, 0.15) is 68.9 Å². The van der Waals surface area contributed by atoms with E-state index in [9.17, 15) is 9.59 Å². The molecule has 0 spiro atoms. The number of hydrogen-bond donors (Lipinski definition) is 1. The quantitative estimate of drug-likeness (QED) is 0.0672. The van der Waals surface area contributed by atoms with Gasteiger partial charge in [-0.15, -0.1) is 0 Å². The van der Waals surface area contributed by atoms with Gasteiger partial charge in [-0.1, -0.05) is 111 Å². The van der Waals surface area contributed by atoms with E-state index < -0.39 is 5.97 Å². The molecule has 1 amide bonds. The fourth-order valence-electron chi connectivity index (χ4n) is 5.36. The summed E-state index contributed by atoms with van der Waals surface area (Å²) in [5.74, 6) is -0.0741. The lowest BCUT2D eigenvalue weighted by molar-refractivity contribution is -0.137. The molecule has 3 aromatic carbocycles. The van der Waals surface area contributed by atoms with Gasteiger partial charge in [-0.2, -0.15) is 5.10 Å². The van der Waals surface area contributed by atoms with Crippen LogP contribution in [0.25, 0.3) is 23.0 Å². The minimum absolute atomic E-state index is 0.0693. The third kappa shape index (κ3) is 9.79. The van der Waals surface area contributed by atoms with Crippen LogP contribution >= 0.6 is 35.6 Å². The summed E-state index contributed by atoms with van der Waals surface area (Å²) in [6.45, 7) is 0.970. The van der Waals surface area contributed by atoms with Gasteiger partial charge in [0.25, 0.3) is 5.91 Å². The van der Waals surface area contributed by atoms with E-state index >= 15 is 0 Å². The van der Waals surface area contributed by atoms with Crippen LogP contribution in [-0.2, 0) is 16.2 Å². The number of para-hydroxylation sites is 1. The average molecular weight is 688 g/mol. The molecule has 1 saturated heterocycles. The molecule has 1 fully saturated rings. The Balaban J connectivity index is 1.23. The zero-order valence-electron chi connectivity index (χ0n) is 26.1. The Bertz CT molecular complexity index is 1710. The number of rotatable bonds is 17. The van der Waals surface area contributed by atoms with Gasteiger partial charge in [-0.3, -0.25) is 14.5 Å². The van der Waals surface area contributed by atoms with Crippen LogP contribution in [0, 0.1) is 0 Å². The van der Waals surface area contributed by atoms with Crippen LogP contribution in [0.4, 0.5) is 0 Å². The molecule has 5 rings (SSSR count). The van der Waals surface area contributed by atoms with Crippen molar-refractivity contribution < 1.29 is 19.4 Å². The van der Waals surface area contributed by atoms with E-state index in [1.807, 2.05) is 95.8 Å². The standard InChI is InChI=1S/C37H38ClN3O4S2/c38-32-17-12-11-14-28(32)26-45-31-21-19-27(20-22-31)35-29(25-41(39-35)30-15-8-7-9-16-30)24-33-36(44)40(37(46)47-33)23-13-6-4-2-1-3-5-10-18-34(42)43/h7-9,11-12,14-17,19-22,24-25H,1-6,10,13,18,23,26H2,(H,42,43). The third-order valence-electron chi connectivity index (χ3n) is 7.93. The second-order valence-electron chi connectivity index (χ2n) is 11.4. The Labute approximate surface area is 290 Å². The number of benzene rings is 3. The van der Waals surface area contributed by atoms with Crippen molar-refractivity contribution in [3.8, 4) is 22.7 Å². The predicted octanol–water partition coefficient (Wildman–Crippen LogP) is 9.57. The number of carboxylic acid groups (broad SMARTS) is 1. The summed E-state index contributed by atoms with van der Waals surface area (Å²) in [5, 5.41) is 14.3. The van der Waals surface area contributed by atoms with Crippen molar-refractivity contribution in [1.29, 1.82) is 0 Å². The predicted molar refractivity (Wildman–Crippen MR) is 194 cm³/mol. The number of unbranched alkanes of at least 4 members (excludes halogenated alkanes) is 7. The summed E-state index contributed by atoms with van der Waals surface area (Å²) in [7, 11) is 0. The highest BCUT2D eigenvalue weighted by molar-refractivity contribution is 8.26. The number of nitrogens with zero attached hydrogens (tertiary/aromatic N) is 3. The number of hydrogen-bond acceptors (Lipinski definition) is 6. The highest BCUT2D eigenvalue weighted by Crippen LogP contribution is 2.35. The molecule has 7 nitrogen and oxygen atoms in total. The Morgan fingerprint density at radius 3 is 2.26 bits per heavy atom. The monoisotopic (exact) mass is 687 g/mol. The number of amides is 1. The topological polar surface area (TPSA) is 84.7 Å². The lowest BCUT2D eigenvalue weighted by Gasteiger charge is -2.14. The molecule has 244 valence electrons. The van der Waals surface area contributed by atoms with Gasteiger partial charge < -0.3 is 9.84 Å². The van der Waals surface area contributed by atoms with E-state index in [0.717, 1.165) is 79.4 Å². The molecule has 2 heterocycles. The number of aromatic nitrogens is 2. The van der Waals surface area contributed by atoms with Gasteiger partial charge in [0.15, 0.2) is 0 Å². The summed E-state index contributed by atoms with van der Waals surface area (Å²) in [6.07, 6.45) is 12.1. The van der Waals surface area contributed by atoms with E-state index in [2.05, 4.69) is 0 Å². The van der Waals surface area contributed by atoms with Crippen molar-refractivity contribution in [1.82, 2.24) is 14.7 Å². The molecular formula is C37H38ClN3O4S2. The van der Waals surface area contributed by atoms with E-state index in [4.69, 9.17) is 38.8 Å². The van der Waals surface area contributed by atoms with Gasteiger partial charge in [-0.05, 0) is 61.4 Å². The first kappa shape index (κ1) is 34.4. The minimum Gasteiger partial charge on any atom is -0.489 e. The molecule has 1 aliphatic rings. The number of carboxylic acids is 1. The number of halogens is 1. The highest BCUT2D eigenvalue weighted by Gasteiger charge is 2.32. The highest BCUT2D eigenvalue weighted by atomic mass is 35.5. The van der Waals surface area contributed by atoms with E-state index in [1.54, 1.807) is 4.90 Å². The molecule has 0 saturated carbocycles. The summed E-state index contributed by atoms with van der Waals surface area (Å²) in [4.78, 5) is 26.4. The molecule has 1 N–H and O–H groups in total. The van der Waals surface area contributed by atoms with E-state index in [-0.39, 0.29) is 12.3 Å². The Kier molecular flexibility index (Phi) is 12.7. The summed E-state index contributed by atoms with van der Waals surface area (Å²) >= 11 is 13.2. The first-order valence-electron chi connectivity index (χ1n) is 16.0. The first-order valence-corrected chi connectivity index (χ1v) is 17.6. The summed E-state index contributed by atoms with van der Waals surface area (Å²) in [5.41, 5.74) is 4.30. The largest absolute Gasteiger partial charge is 0.489 e. The molecule has 10 heteroatoms. The maximum atomic E-state index is 13.5. The van der Waals surface area contributed by atoms with Gasteiger partial charge in [0.05, 0.1) is 16.3 Å². The Morgan fingerprint density at radius 2 is 1.55 bits per heavy atom. The molecule has 1 aromatic heterocycles. The van der Waals surface area contributed by atoms with E-state index in [1.165, 1.54) is 11.8 Å². The van der Waals surface area contributed by atoms with Gasteiger partial charge in [0.1, 0.15) is 16.7 Å². The van der Waals surface area contributed by atoms with Gasteiger partial charge in [-0.25, -0.2) is 4.68 Å². The normalized spacial score (nSPS) is 13.9. The molecule has 0 atom stereocenters. The van der Waals surface area contributed by atoms with Gasteiger partial charge >= 0.3 is 5.97 Å². The zero-order valence-corrected chi connectivity index (χ0v) is 28.5. The third-order valence-corrected chi connectivity index (χ3v) is 9.67. The summed E-state index contributed by atoms with van der Waals surface area (Å²) in [6, 6.07) is 25.3. The number of ether oxygens (including phenoxy) is 1. The van der Waals surface area contributed by atoms with Gasteiger partial charge in [0.2, 0.25) is 0 Å². The van der Waals surface area contributed by atoms with Crippen LogP contribution < -0.4 is 4.74 Å². The van der Waals surface area contributed by atoms with Crippen LogP contribution in [0.15, 0.2) is 90.0 Å². The number of thiocarbonyl (C=S) groups is 1. The maximum absolute atomic E-state index is 13.5. The smallest absolute Gasteiger partial charge is 0.303 e. The fraction of sp³-hybridized carbons (Fsp3) is 0.297. The molecule has 0 aliphatic carbocycles. The maximum Gasteiger partial charge on any atom is 0.303 e. The number of aliphatic carboxylic acids is 1. The SMILES string of the molecule is O=C(O)CCCCCCCCCCN1C(=O)C(=Cc2cn(-c3ccccc3)nc2-c2ccc(OCc3ccccc3Cl)cc2)SC1=S. The lowest BCUT2D eigenvalue weighted by Crippen LogP contribution is -2.29. The molecule has 47 heavy (non-hydrogen) atoms. The first-order chi connectivity index (χ1) is 22.9. The molecule has 0 unspecified atom stereocenters. The second-order valence-corrected chi connectivity index (χ2v) is 13.5. The molecular weight excluding hydrogens is 650 g/mol. The second kappa shape index (κ2) is 17.3. The number of carbonyl (C=O) groups excluding carboxylic acids is 1. The summed E-state index contributed by atoms with van der Waals surface area (Å²) < 4.78 is 8.40. The number of thioether (sulfide) groups is 1. The van der Waals surface area contributed by atoms with Crippen molar-refractivity contribution in [2.24, 2.45) is 0 Å². The van der Waals surface area contributed by atoms with Gasteiger partial charge in [0, 0.05) is 40.9 Å². The minimum atomic E-state index is -0.722. The van der Waals surface area contributed by atoms with Crippen molar-refractivity contribution in [2.75, 3.05) is 6.54 Å². The van der Waals surface area contributed by atoms with Crippen LogP contribution in [-0.4, -0.2) is 42.5 Å². The van der Waals surface area contributed by atoms with Crippen LogP contribution in [0.3, 0.4) is 0 Å². The average Bonchev–Trinajstić information content (AvgIpc) is 3.61. The Morgan fingerprint density at radius 1 is 0.894 bits per heavy atom. The van der Waals surface area contributed by atoms with Crippen molar-refractivity contribution >= 4 is 57.9 Å². The molecule has 0 radical (unpaired) electrons. The van der Waals surface area contributed by atoms with Crippen LogP contribution in [0.2, 0.25) is 5.02 Å². The van der Waals surface area contributed by atoms with Crippen molar-refractivity contribution in [3.63, 3.8) is 0 Å². The van der Waals surface area contributed by atoms with Crippen molar-refractivity contribution in [2.45, 2.75) is 64.4 Å².